The Labute approximate surface area is 109 Å². The summed E-state index contributed by atoms with van der Waals surface area (Å²) in [5.74, 6) is 0.784. The Morgan fingerprint density at radius 1 is 1.39 bits per heavy atom. The molecule has 1 amide bonds. The van der Waals surface area contributed by atoms with E-state index < -0.39 is 0 Å². The van der Waals surface area contributed by atoms with Crippen LogP contribution in [0, 0.1) is 12.8 Å². The number of piperidine rings is 1. The number of carbonyl (C=O) groups excluding carboxylic acids is 1. The van der Waals surface area contributed by atoms with Crippen LogP contribution in [-0.2, 0) is 11.2 Å². The number of carbonyl (C=O) groups is 1. The molecule has 1 fully saturated rings. The van der Waals surface area contributed by atoms with Gasteiger partial charge in [0.05, 0.1) is 6.42 Å². The second-order valence-corrected chi connectivity index (χ2v) is 5.16. The molecule has 18 heavy (non-hydrogen) atoms. The van der Waals surface area contributed by atoms with Gasteiger partial charge >= 0.3 is 0 Å². The maximum absolute atomic E-state index is 11.8. The highest BCUT2D eigenvalue weighted by Crippen LogP contribution is 2.10. The molecule has 98 valence electrons. The van der Waals surface area contributed by atoms with Crippen LogP contribution < -0.4 is 10.6 Å². The maximum Gasteiger partial charge on any atom is 0.224 e. The van der Waals surface area contributed by atoms with Crippen LogP contribution in [0.25, 0.3) is 0 Å². The van der Waals surface area contributed by atoms with Crippen LogP contribution in [0.3, 0.4) is 0 Å². The fourth-order valence-electron chi connectivity index (χ4n) is 2.41. The van der Waals surface area contributed by atoms with E-state index in [1.54, 1.807) is 0 Å². The fraction of sp³-hybridized carbons (Fsp3) is 0.533. The molecular formula is C15H22N2O. The minimum absolute atomic E-state index is 0.138. The molecule has 1 aliphatic heterocycles. The highest BCUT2D eigenvalue weighted by molar-refractivity contribution is 5.78. The number of hydrogen-bond acceptors (Lipinski definition) is 2. The fourth-order valence-corrected chi connectivity index (χ4v) is 2.41. The predicted octanol–water partition coefficient (Wildman–Crippen LogP) is 1.65. The first-order valence-corrected chi connectivity index (χ1v) is 6.77. The normalized spacial score (nSPS) is 16.5. The highest BCUT2D eigenvalue weighted by atomic mass is 16.1. The second kappa shape index (κ2) is 6.55. The van der Waals surface area contributed by atoms with Gasteiger partial charge < -0.3 is 10.6 Å². The van der Waals surface area contributed by atoms with Gasteiger partial charge in [0.1, 0.15) is 0 Å². The lowest BCUT2D eigenvalue weighted by molar-refractivity contribution is -0.120. The lowest BCUT2D eigenvalue weighted by Gasteiger charge is -2.22. The first kappa shape index (κ1) is 13.1. The molecule has 1 aliphatic rings. The van der Waals surface area contributed by atoms with Gasteiger partial charge in [0.15, 0.2) is 0 Å². The molecule has 1 aromatic carbocycles. The van der Waals surface area contributed by atoms with Crippen molar-refractivity contribution in [2.45, 2.75) is 26.2 Å². The number of aryl methyl sites for hydroxylation is 1. The van der Waals surface area contributed by atoms with Crippen LogP contribution >= 0.6 is 0 Å². The molecule has 0 aliphatic carbocycles. The first-order valence-electron chi connectivity index (χ1n) is 6.77. The van der Waals surface area contributed by atoms with Gasteiger partial charge in [-0.3, -0.25) is 4.79 Å². The van der Waals surface area contributed by atoms with Gasteiger partial charge in [-0.1, -0.05) is 29.8 Å². The third-order valence-corrected chi connectivity index (χ3v) is 3.49. The van der Waals surface area contributed by atoms with Gasteiger partial charge in [-0.2, -0.15) is 0 Å². The summed E-state index contributed by atoms with van der Waals surface area (Å²) in [6.45, 7) is 5.04. The number of amides is 1. The third-order valence-electron chi connectivity index (χ3n) is 3.49. The molecule has 0 aromatic heterocycles. The second-order valence-electron chi connectivity index (χ2n) is 5.16. The molecule has 0 atom stereocenters. The van der Waals surface area contributed by atoms with Crippen molar-refractivity contribution in [1.29, 1.82) is 0 Å². The van der Waals surface area contributed by atoms with Crippen LogP contribution in [0.2, 0.25) is 0 Å². The highest BCUT2D eigenvalue weighted by Gasteiger charge is 2.13. The minimum atomic E-state index is 0.138. The monoisotopic (exact) mass is 246 g/mol. The van der Waals surface area contributed by atoms with Crippen molar-refractivity contribution in [2.75, 3.05) is 19.6 Å². The molecule has 0 saturated carbocycles. The van der Waals surface area contributed by atoms with E-state index in [0.29, 0.717) is 12.3 Å². The van der Waals surface area contributed by atoms with Crippen LogP contribution in [0.4, 0.5) is 0 Å². The van der Waals surface area contributed by atoms with E-state index in [1.807, 2.05) is 12.1 Å². The zero-order valence-electron chi connectivity index (χ0n) is 11.0. The average Bonchev–Trinajstić information content (AvgIpc) is 2.38. The van der Waals surface area contributed by atoms with Crippen LogP contribution in [0.5, 0.6) is 0 Å². The van der Waals surface area contributed by atoms with Crippen molar-refractivity contribution < 1.29 is 4.79 Å². The summed E-state index contributed by atoms with van der Waals surface area (Å²) in [7, 11) is 0. The van der Waals surface area contributed by atoms with Crippen LogP contribution in [0.1, 0.15) is 24.0 Å². The molecule has 1 saturated heterocycles. The van der Waals surface area contributed by atoms with Crippen molar-refractivity contribution in [1.82, 2.24) is 10.6 Å². The van der Waals surface area contributed by atoms with E-state index in [2.05, 4.69) is 29.7 Å². The average molecular weight is 246 g/mol. The van der Waals surface area contributed by atoms with E-state index in [0.717, 1.165) is 25.2 Å². The van der Waals surface area contributed by atoms with Gasteiger partial charge in [-0.15, -0.1) is 0 Å². The van der Waals surface area contributed by atoms with E-state index >= 15 is 0 Å². The quantitative estimate of drug-likeness (QED) is 0.848. The SMILES string of the molecule is Cc1cccc(CC(=O)NCC2CCNCC2)c1. The molecular weight excluding hydrogens is 224 g/mol. The van der Waals surface area contributed by atoms with Gasteiger partial charge in [0, 0.05) is 6.54 Å². The molecule has 2 rings (SSSR count). The Bertz CT molecular complexity index is 397. The molecule has 1 aromatic rings. The molecule has 0 radical (unpaired) electrons. The van der Waals surface area contributed by atoms with E-state index in [9.17, 15) is 4.79 Å². The lowest BCUT2D eigenvalue weighted by Crippen LogP contribution is -2.36. The van der Waals surface area contributed by atoms with Gasteiger partial charge in [0.2, 0.25) is 5.91 Å². The van der Waals surface area contributed by atoms with Crippen LogP contribution in [0.15, 0.2) is 24.3 Å². The third kappa shape index (κ3) is 4.15. The predicted molar refractivity (Wildman–Crippen MR) is 73.5 cm³/mol. The van der Waals surface area contributed by atoms with E-state index in [-0.39, 0.29) is 5.91 Å². The molecule has 2 N–H and O–H groups in total. The zero-order chi connectivity index (χ0) is 12.8. The van der Waals surface area contributed by atoms with Gasteiger partial charge in [-0.05, 0) is 44.3 Å². The molecule has 0 unspecified atom stereocenters. The Hall–Kier alpha value is -1.35. The molecule has 0 bridgehead atoms. The Morgan fingerprint density at radius 3 is 2.89 bits per heavy atom. The topological polar surface area (TPSA) is 41.1 Å². The van der Waals surface area contributed by atoms with Gasteiger partial charge in [-0.25, -0.2) is 0 Å². The number of nitrogens with one attached hydrogen (secondary N) is 2. The summed E-state index contributed by atoms with van der Waals surface area (Å²) in [5.41, 5.74) is 2.30. The summed E-state index contributed by atoms with van der Waals surface area (Å²) in [6, 6.07) is 8.14. The molecule has 1 heterocycles. The molecule has 0 spiro atoms. The van der Waals surface area contributed by atoms with Crippen molar-refractivity contribution in [3.63, 3.8) is 0 Å². The standard InChI is InChI=1S/C15H22N2O/c1-12-3-2-4-14(9-12)10-15(18)17-11-13-5-7-16-8-6-13/h2-4,9,13,16H,5-8,10-11H2,1H3,(H,17,18). The van der Waals surface area contributed by atoms with Crippen molar-refractivity contribution >= 4 is 5.91 Å². The Kier molecular flexibility index (Phi) is 4.76. The minimum Gasteiger partial charge on any atom is -0.356 e. The smallest absolute Gasteiger partial charge is 0.224 e. The summed E-state index contributed by atoms with van der Waals surface area (Å²) in [5, 5.41) is 6.39. The Morgan fingerprint density at radius 2 is 2.17 bits per heavy atom. The van der Waals surface area contributed by atoms with E-state index in [1.165, 1.54) is 18.4 Å². The molecule has 3 nitrogen and oxygen atoms in total. The molecule has 3 heteroatoms. The van der Waals surface area contributed by atoms with Crippen molar-refractivity contribution in [2.24, 2.45) is 5.92 Å². The summed E-state index contributed by atoms with van der Waals surface area (Å²) >= 11 is 0. The van der Waals surface area contributed by atoms with E-state index in [4.69, 9.17) is 0 Å². The van der Waals surface area contributed by atoms with Crippen LogP contribution in [-0.4, -0.2) is 25.5 Å². The summed E-state index contributed by atoms with van der Waals surface area (Å²) < 4.78 is 0. The largest absolute Gasteiger partial charge is 0.356 e. The van der Waals surface area contributed by atoms with Gasteiger partial charge in [0.25, 0.3) is 0 Å². The number of rotatable bonds is 4. The summed E-state index contributed by atoms with van der Waals surface area (Å²) in [6.07, 6.45) is 2.84. The summed E-state index contributed by atoms with van der Waals surface area (Å²) in [4.78, 5) is 11.8. The lowest BCUT2D eigenvalue weighted by atomic mass is 9.98. The zero-order valence-corrected chi connectivity index (χ0v) is 11.0. The van der Waals surface area contributed by atoms with Crippen molar-refractivity contribution in [3.8, 4) is 0 Å². The van der Waals surface area contributed by atoms with Crippen molar-refractivity contribution in [3.05, 3.63) is 35.4 Å². The number of benzene rings is 1. The first-order chi connectivity index (χ1) is 8.74. The Balaban J connectivity index is 1.74. The number of hydrogen-bond donors (Lipinski definition) is 2. The maximum atomic E-state index is 11.8.